The van der Waals surface area contributed by atoms with Crippen molar-refractivity contribution in [3.05, 3.63) is 22.4 Å². The molecule has 0 aromatic carbocycles. The summed E-state index contributed by atoms with van der Waals surface area (Å²) in [7, 11) is 3.83. The third-order valence-electron chi connectivity index (χ3n) is 3.50. The molecule has 1 atom stereocenters. The molecule has 1 aromatic heterocycles. The zero-order valence-electron chi connectivity index (χ0n) is 13.0. The molecule has 0 saturated heterocycles. The zero-order chi connectivity index (χ0) is 15.1. The van der Waals surface area contributed by atoms with Crippen LogP contribution in [0.25, 0.3) is 0 Å². The lowest BCUT2D eigenvalue weighted by molar-refractivity contribution is -0.131. The minimum Gasteiger partial charge on any atom is -0.340 e. The maximum atomic E-state index is 12.1. The summed E-state index contributed by atoms with van der Waals surface area (Å²) >= 11 is 1.68. The van der Waals surface area contributed by atoms with Crippen LogP contribution in [0.5, 0.6) is 0 Å². The van der Waals surface area contributed by atoms with Crippen molar-refractivity contribution in [1.82, 2.24) is 9.80 Å². The fourth-order valence-corrected chi connectivity index (χ4v) is 2.62. The molecular weight excluding hydrogens is 270 g/mol. The van der Waals surface area contributed by atoms with Gasteiger partial charge in [-0.15, -0.1) is 11.3 Å². The zero-order valence-corrected chi connectivity index (χ0v) is 13.8. The molecule has 0 aliphatic heterocycles. The van der Waals surface area contributed by atoms with Crippen LogP contribution in [0.15, 0.2) is 17.5 Å². The topological polar surface area (TPSA) is 49.6 Å². The number of thiophene rings is 1. The standard InChI is InChI=1S/C15H27N3OS/c1-12(2)14(16)7-8-17(3)11-15(19)18(4)10-13-6-5-9-20-13/h5-6,9,12,14H,7-8,10-11,16H2,1-4H3. The fourth-order valence-electron chi connectivity index (χ4n) is 1.86. The first-order valence-corrected chi connectivity index (χ1v) is 7.98. The lowest BCUT2D eigenvalue weighted by Gasteiger charge is -2.23. The maximum Gasteiger partial charge on any atom is 0.236 e. The molecule has 1 heterocycles. The van der Waals surface area contributed by atoms with Gasteiger partial charge in [0, 0.05) is 18.0 Å². The van der Waals surface area contributed by atoms with Gasteiger partial charge in [0.2, 0.25) is 5.91 Å². The Kier molecular flexibility index (Phi) is 7.19. The van der Waals surface area contributed by atoms with Crippen molar-refractivity contribution in [2.45, 2.75) is 32.9 Å². The predicted octanol–water partition coefficient (Wildman–Crippen LogP) is 2.01. The van der Waals surface area contributed by atoms with E-state index in [1.807, 2.05) is 25.5 Å². The molecule has 5 heteroatoms. The first kappa shape index (κ1) is 17.1. The van der Waals surface area contributed by atoms with Crippen LogP contribution in [-0.4, -0.2) is 48.9 Å². The van der Waals surface area contributed by atoms with Crippen LogP contribution in [-0.2, 0) is 11.3 Å². The highest BCUT2D eigenvalue weighted by Gasteiger charge is 2.14. The molecule has 0 fully saturated rings. The smallest absolute Gasteiger partial charge is 0.236 e. The summed E-state index contributed by atoms with van der Waals surface area (Å²) in [5.41, 5.74) is 6.03. The Morgan fingerprint density at radius 3 is 2.65 bits per heavy atom. The van der Waals surface area contributed by atoms with Gasteiger partial charge in [-0.1, -0.05) is 19.9 Å². The largest absolute Gasteiger partial charge is 0.340 e. The molecule has 114 valence electrons. The third kappa shape index (κ3) is 6.03. The predicted molar refractivity (Wildman–Crippen MR) is 85.7 cm³/mol. The Balaban J connectivity index is 2.30. The van der Waals surface area contributed by atoms with Crippen LogP contribution >= 0.6 is 11.3 Å². The second kappa shape index (κ2) is 8.39. The van der Waals surface area contributed by atoms with E-state index in [0.29, 0.717) is 19.0 Å². The van der Waals surface area contributed by atoms with E-state index >= 15 is 0 Å². The van der Waals surface area contributed by atoms with E-state index < -0.39 is 0 Å². The van der Waals surface area contributed by atoms with Crippen molar-refractivity contribution < 1.29 is 4.79 Å². The highest BCUT2D eigenvalue weighted by atomic mass is 32.1. The molecular formula is C15H27N3OS. The number of amides is 1. The van der Waals surface area contributed by atoms with E-state index in [2.05, 4.69) is 24.8 Å². The van der Waals surface area contributed by atoms with Crippen LogP contribution in [0.3, 0.4) is 0 Å². The van der Waals surface area contributed by atoms with Gasteiger partial charge in [0.15, 0.2) is 0 Å². The Hall–Kier alpha value is -0.910. The highest BCUT2D eigenvalue weighted by Crippen LogP contribution is 2.11. The van der Waals surface area contributed by atoms with Crippen LogP contribution < -0.4 is 5.73 Å². The quantitative estimate of drug-likeness (QED) is 0.798. The minimum atomic E-state index is 0.152. The van der Waals surface area contributed by atoms with Gasteiger partial charge in [0.25, 0.3) is 0 Å². The van der Waals surface area contributed by atoms with Crippen molar-refractivity contribution in [3.8, 4) is 0 Å². The first-order chi connectivity index (χ1) is 9.40. The molecule has 1 rings (SSSR count). The van der Waals surface area contributed by atoms with Crippen molar-refractivity contribution in [2.24, 2.45) is 11.7 Å². The Morgan fingerprint density at radius 1 is 1.40 bits per heavy atom. The van der Waals surface area contributed by atoms with Gasteiger partial charge in [-0.05, 0) is 37.4 Å². The normalized spacial score (nSPS) is 12.9. The highest BCUT2D eigenvalue weighted by molar-refractivity contribution is 7.09. The summed E-state index contributed by atoms with van der Waals surface area (Å²) in [6, 6.07) is 4.27. The third-order valence-corrected chi connectivity index (χ3v) is 4.37. The fraction of sp³-hybridized carbons (Fsp3) is 0.667. The summed E-state index contributed by atoms with van der Waals surface area (Å²) in [6.07, 6.45) is 0.927. The molecule has 0 aliphatic carbocycles. The second-order valence-corrected chi connectivity index (χ2v) is 6.80. The van der Waals surface area contributed by atoms with E-state index in [1.165, 1.54) is 4.88 Å². The van der Waals surface area contributed by atoms with Crippen molar-refractivity contribution >= 4 is 17.2 Å². The molecule has 0 radical (unpaired) electrons. The monoisotopic (exact) mass is 297 g/mol. The first-order valence-electron chi connectivity index (χ1n) is 7.10. The van der Waals surface area contributed by atoms with E-state index in [1.54, 1.807) is 16.2 Å². The molecule has 0 saturated carbocycles. The molecule has 4 nitrogen and oxygen atoms in total. The molecule has 1 aromatic rings. The van der Waals surface area contributed by atoms with Crippen LogP contribution in [0.4, 0.5) is 0 Å². The number of likely N-dealkylation sites (N-methyl/N-ethyl adjacent to an activating group) is 2. The maximum absolute atomic E-state index is 12.1. The number of nitrogens with zero attached hydrogens (tertiary/aromatic N) is 2. The average molecular weight is 297 g/mol. The molecule has 20 heavy (non-hydrogen) atoms. The average Bonchev–Trinajstić information content (AvgIpc) is 2.88. The second-order valence-electron chi connectivity index (χ2n) is 5.76. The van der Waals surface area contributed by atoms with Crippen molar-refractivity contribution in [3.63, 3.8) is 0 Å². The Morgan fingerprint density at radius 2 is 2.10 bits per heavy atom. The van der Waals surface area contributed by atoms with Crippen molar-refractivity contribution in [2.75, 3.05) is 27.2 Å². The van der Waals surface area contributed by atoms with E-state index in [4.69, 9.17) is 5.73 Å². The van der Waals surface area contributed by atoms with Crippen LogP contribution in [0.2, 0.25) is 0 Å². The summed E-state index contributed by atoms with van der Waals surface area (Å²) in [6.45, 7) is 6.26. The van der Waals surface area contributed by atoms with Gasteiger partial charge in [-0.25, -0.2) is 0 Å². The molecule has 1 unspecified atom stereocenters. The van der Waals surface area contributed by atoms with Crippen LogP contribution in [0.1, 0.15) is 25.1 Å². The van der Waals surface area contributed by atoms with E-state index in [0.717, 1.165) is 13.0 Å². The number of hydrogen-bond acceptors (Lipinski definition) is 4. The molecule has 0 aliphatic rings. The van der Waals surface area contributed by atoms with Gasteiger partial charge in [-0.2, -0.15) is 0 Å². The van der Waals surface area contributed by atoms with Gasteiger partial charge < -0.3 is 10.6 Å². The van der Waals surface area contributed by atoms with Gasteiger partial charge in [-0.3, -0.25) is 9.69 Å². The van der Waals surface area contributed by atoms with Crippen LogP contribution in [0, 0.1) is 5.92 Å². The summed E-state index contributed by atoms with van der Waals surface area (Å²) in [4.78, 5) is 17.2. The van der Waals surface area contributed by atoms with E-state index in [-0.39, 0.29) is 11.9 Å². The number of carbonyl (C=O) groups excluding carboxylic acids is 1. The Labute approximate surface area is 126 Å². The number of carbonyl (C=O) groups is 1. The number of hydrogen-bond donors (Lipinski definition) is 1. The molecule has 2 N–H and O–H groups in total. The van der Waals surface area contributed by atoms with Gasteiger partial charge in [0.1, 0.15) is 0 Å². The number of nitrogens with two attached hydrogens (primary N) is 1. The summed E-state index contributed by atoms with van der Waals surface area (Å²) < 4.78 is 0. The minimum absolute atomic E-state index is 0.152. The molecule has 1 amide bonds. The van der Waals surface area contributed by atoms with Crippen molar-refractivity contribution in [1.29, 1.82) is 0 Å². The summed E-state index contributed by atoms with van der Waals surface area (Å²) in [5, 5.41) is 2.03. The lowest BCUT2D eigenvalue weighted by Crippen LogP contribution is -2.38. The lowest BCUT2D eigenvalue weighted by atomic mass is 10.0. The van der Waals surface area contributed by atoms with Gasteiger partial charge >= 0.3 is 0 Å². The van der Waals surface area contributed by atoms with E-state index in [9.17, 15) is 4.79 Å². The SMILES string of the molecule is CC(C)C(N)CCN(C)CC(=O)N(C)Cc1cccs1. The Bertz CT molecular complexity index is 392. The number of rotatable bonds is 8. The van der Waals surface area contributed by atoms with Gasteiger partial charge in [0.05, 0.1) is 13.1 Å². The molecule has 0 spiro atoms. The summed E-state index contributed by atoms with van der Waals surface area (Å²) in [5.74, 6) is 0.639. The molecule has 0 bridgehead atoms.